The quantitative estimate of drug-likeness (QED) is 0.769. The first-order chi connectivity index (χ1) is 9.49. The fraction of sp³-hybridized carbons (Fsp3) is 0.500. The zero-order chi connectivity index (χ0) is 16.4. The summed E-state index contributed by atoms with van der Waals surface area (Å²) in [7, 11) is -2.23. The molecule has 0 saturated heterocycles. The molecule has 0 bridgehead atoms. The molecular weight excluding hydrogens is 326 g/mol. The summed E-state index contributed by atoms with van der Waals surface area (Å²) in [6, 6.07) is 4.02. The van der Waals surface area contributed by atoms with E-state index in [1.165, 1.54) is 13.1 Å². The number of anilines is 1. The molecule has 4 N–H and O–H groups in total. The monoisotopic (exact) mass is 349 g/mol. The third-order valence-corrected chi connectivity index (χ3v) is 4.79. The summed E-state index contributed by atoms with van der Waals surface area (Å²) in [5, 5.41) is 2.66. The van der Waals surface area contributed by atoms with E-state index in [9.17, 15) is 13.2 Å². The van der Waals surface area contributed by atoms with Crippen LogP contribution in [0.25, 0.3) is 0 Å². The van der Waals surface area contributed by atoms with Gasteiger partial charge in [-0.1, -0.05) is 26.8 Å². The topological polar surface area (TPSA) is 101 Å². The van der Waals surface area contributed by atoms with Crippen molar-refractivity contribution in [1.82, 2.24) is 4.72 Å². The molecule has 6 nitrogen and oxygen atoms in total. The van der Waals surface area contributed by atoms with E-state index in [2.05, 4.69) is 10.0 Å². The lowest BCUT2D eigenvalue weighted by atomic mass is 9.87. The van der Waals surface area contributed by atoms with E-state index < -0.39 is 16.1 Å². The molecule has 0 unspecified atom stereocenters. The first-order valence-electron chi connectivity index (χ1n) is 6.59. The summed E-state index contributed by atoms with van der Waals surface area (Å²) in [4.78, 5) is 12.2. The SMILES string of the molecule is CNS(=O)(=O)c1cc(NC(=O)[C@@H](N)C(C)(C)C)ccc1C.Cl. The van der Waals surface area contributed by atoms with Crippen LogP contribution in [-0.4, -0.2) is 27.4 Å². The molecule has 0 aromatic heterocycles. The van der Waals surface area contributed by atoms with Crippen molar-refractivity contribution < 1.29 is 13.2 Å². The van der Waals surface area contributed by atoms with Crippen LogP contribution in [0.15, 0.2) is 23.1 Å². The fourth-order valence-corrected chi connectivity index (χ4v) is 2.68. The summed E-state index contributed by atoms with van der Waals surface area (Å²) in [6.07, 6.45) is 0. The molecule has 1 atom stereocenters. The number of benzene rings is 1. The molecule has 126 valence electrons. The predicted octanol–water partition coefficient (Wildman–Crippen LogP) is 1.64. The number of hydrogen-bond acceptors (Lipinski definition) is 4. The van der Waals surface area contributed by atoms with Gasteiger partial charge in [0.05, 0.1) is 10.9 Å². The minimum atomic E-state index is -3.57. The van der Waals surface area contributed by atoms with Crippen LogP contribution < -0.4 is 15.8 Å². The molecule has 1 amide bonds. The highest BCUT2D eigenvalue weighted by atomic mass is 35.5. The Morgan fingerprint density at radius 1 is 1.27 bits per heavy atom. The Kier molecular flexibility index (Phi) is 7.02. The van der Waals surface area contributed by atoms with Gasteiger partial charge in [-0.3, -0.25) is 4.79 Å². The Morgan fingerprint density at radius 3 is 2.27 bits per heavy atom. The van der Waals surface area contributed by atoms with E-state index in [0.717, 1.165) is 0 Å². The largest absolute Gasteiger partial charge is 0.325 e. The number of sulfonamides is 1. The molecule has 0 aliphatic heterocycles. The van der Waals surface area contributed by atoms with E-state index in [1.54, 1.807) is 19.1 Å². The maximum absolute atomic E-state index is 12.1. The number of nitrogens with two attached hydrogens (primary N) is 1. The Hall–Kier alpha value is -1.15. The van der Waals surface area contributed by atoms with Gasteiger partial charge in [0.2, 0.25) is 15.9 Å². The van der Waals surface area contributed by atoms with Crippen LogP contribution in [0, 0.1) is 12.3 Å². The summed E-state index contributed by atoms with van der Waals surface area (Å²) < 4.78 is 26.1. The predicted molar refractivity (Wildman–Crippen MR) is 90.7 cm³/mol. The highest BCUT2D eigenvalue weighted by Gasteiger charge is 2.27. The smallest absolute Gasteiger partial charge is 0.241 e. The lowest BCUT2D eigenvalue weighted by Crippen LogP contribution is -2.45. The van der Waals surface area contributed by atoms with Crippen molar-refractivity contribution in [2.45, 2.75) is 38.6 Å². The van der Waals surface area contributed by atoms with Gasteiger partial charge in [-0.2, -0.15) is 0 Å². The maximum atomic E-state index is 12.1. The first kappa shape index (κ1) is 20.9. The average Bonchev–Trinajstić information content (AvgIpc) is 2.38. The number of carbonyl (C=O) groups excluding carboxylic acids is 1. The van der Waals surface area contributed by atoms with Gasteiger partial charge in [0, 0.05) is 5.69 Å². The maximum Gasteiger partial charge on any atom is 0.241 e. The fourth-order valence-electron chi connectivity index (χ4n) is 1.69. The zero-order valence-corrected chi connectivity index (χ0v) is 15.1. The van der Waals surface area contributed by atoms with Gasteiger partial charge >= 0.3 is 0 Å². The van der Waals surface area contributed by atoms with E-state index in [-0.39, 0.29) is 28.6 Å². The van der Waals surface area contributed by atoms with Gasteiger partial charge in [-0.05, 0) is 37.1 Å². The van der Waals surface area contributed by atoms with Crippen molar-refractivity contribution in [3.05, 3.63) is 23.8 Å². The summed E-state index contributed by atoms with van der Waals surface area (Å²) in [5.74, 6) is -0.348. The standard InChI is InChI=1S/C14H23N3O3S.ClH/c1-9-6-7-10(8-11(9)21(19,20)16-5)17-13(18)12(15)14(2,3)4;/h6-8,12,16H,15H2,1-5H3,(H,17,18);1H/t12-;/m1./s1. The van der Waals surface area contributed by atoms with Gasteiger partial charge in [0.15, 0.2) is 0 Å². The van der Waals surface area contributed by atoms with Crippen LogP contribution in [0.1, 0.15) is 26.3 Å². The van der Waals surface area contributed by atoms with Crippen LogP contribution in [0.4, 0.5) is 5.69 Å². The molecule has 8 heteroatoms. The van der Waals surface area contributed by atoms with Gasteiger partial charge in [0.25, 0.3) is 0 Å². The van der Waals surface area contributed by atoms with Crippen LogP contribution in [-0.2, 0) is 14.8 Å². The number of nitrogens with one attached hydrogen (secondary N) is 2. The number of aryl methyl sites for hydroxylation is 1. The zero-order valence-electron chi connectivity index (χ0n) is 13.4. The number of halogens is 1. The molecule has 0 radical (unpaired) electrons. The van der Waals surface area contributed by atoms with Crippen LogP contribution in [0.5, 0.6) is 0 Å². The highest BCUT2D eigenvalue weighted by Crippen LogP contribution is 2.22. The molecule has 0 spiro atoms. The summed E-state index contributed by atoms with van der Waals surface area (Å²) >= 11 is 0. The van der Waals surface area contributed by atoms with Crippen LogP contribution in [0.2, 0.25) is 0 Å². The normalized spacial score (nSPS) is 13.2. The van der Waals surface area contributed by atoms with Gasteiger partial charge < -0.3 is 11.1 Å². The second kappa shape index (κ2) is 7.41. The second-order valence-electron chi connectivity index (χ2n) is 6.02. The Morgan fingerprint density at radius 2 is 1.82 bits per heavy atom. The molecule has 1 aromatic rings. The van der Waals surface area contributed by atoms with Crippen molar-refractivity contribution in [1.29, 1.82) is 0 Å². The van der Waals surface area contributed by atoms with Crippen molar-refractivity contribution in [2.75, 3.05) is 12.4 Å². The van der Waals surface area contributed by atoms with Crippen molar-refractivity contribution in [3.8, 4) is 0 Å². The molecule has 0 saturated carbocycles. The van der Waals surface area contributed by atoms with Gasteiger partial charge in [-0.25, -0.2) is 13.1 Å². The molecular formula is C14H24ClN3O3S. The molecule has 0 heterocycles. The van der Waals surface area contributed by atoms with E-state index in [1.807, 2.05) is 20.8 Å². The van der Waals surface area contributed by atoms with Crippen molar-refractivity contribution in [2.24, 2.45) is 11.1 Å². The summed E-state index contributed by atoms with van der Waals surface area (Å²) in [6.45, 7) is 7.28. The van der Waals surface area contributed by atoms with E-state index in [0.29, 0.717) is 11.3 Å². The van der Waals surface area contributed by atoms with Crippen molar-refractivity contribution >= 4 is 34.0 Å². The first-order valence-corrected chi connectivity index (χ1v) is 8.08. The van der Waals surface area contributed by atoms with E-state index >= 15 is 0 Å². The Balaban J connectivity index is 0.00000441. The lowest BCUT2D eigenvalue weighted by molar-refractivity contribution is -0.119. The molecule has 0 aliphatic rings. The van der Waals surface area contributed by atoms with Gasteiger partial charge in [0.1, 0.15) is 0 Å². The number of amides is 1. The van der Waals surface area contributed by atoms with E-state index in [4.69, 9.17) is 5.73 Å². The second-order valence-corrected chi connectivity index (χ2v) is 7.88. The van der Waals surface area contributed by atoms with Gasteiger partial charge in [-0.15, -0.1) is 12.4 Å². The molecule has 0 aliphatic carbocycles. The Bertz CT molecular complexity index is 639. The highest BCUT2D eigenvalue weighted by molar-refractivity contribution is 7.89. The lowest BCUT2D eigenvalue weighted by Gasteiger charge is -2.25. The average molecular weight is 350 g/mol. The molecule has 1 rings (SSSR count). The number of rotatable bonds is 4. The molecule has 1 aromatic carbocycles. The minimum Gasteiger partial charge on any atom is -0.325 e. The third-order valence-electron chi connectivity index (χ3n) is 3.23. The van der Waals surface area contributed by atoms with Crippen LogP contribution >= 0.6 is 12.4 Å². The number of carbonyl (C=O) groups is 1. The molecule has 22 heavy (non-hydrogen) atoms. The third kappa shape index (κ3) is 4.95. The van der Waals surface area contributed by atoms with Crippen LogP contribution in [0.3, 0.4) is 0 Å². The number of hydrogen-bond donors (Lipinski definition) is 3. The van der Waals surface area contributed by atoms with Crippen molar-refractivity contribution in [3.63, 3.8) is 0 Å². The minimum absolute atomic E-state index is 0. The summed E-state index contributed by atoms with van der Waals surface area (Å²) in [5.41, 5.74) is 6.50. The molecule has 0 fully saturated rings. The Labute approximate surface area is 138 Å².